The van der Waals surface area contributed by atoms with Crippen molar-refractivity contribution in [2.45, 2.75) is 25.6 Å². The molecule has 0 atom stereocenters. The summed E-state index contributed by atoms with van der Waals surface area (Å²) in [6.45, 7) is 1.41. The summed E-state index contributed by atoms with van der Waals surface area (Å²) >= 11 is 1.49. The Morgan fingerprint density at radius 2 is 2.10 bits per heavy atom. The number of nitrogens with zero attached hydrogens (tertiary/aromatic N) is 1. The zero-order chi connectivity index (χ0) is 15.5. The van der Waals surface area contributed by atoms with Gasteiger partial charge in [0.1, 0.15) is 0 Å². The number of aliphatic carboxylic acids is 1. The van der Waals surface area contributed by atoms with Crippen molar-refractivity contribution in [1.82, 2.24) is 4.90 Å². The standard InChI is InChI=1S/C14H16F3NO2S/c15-14(16,17)11-3-6-18(7-4-11)9-12-10(5-8-21-12)1-2-13(19)20/h1-2,5,8,11H,3-4,6-7,9H2,(H,19,20). The third-order valence-electron chi connectivity index (χ3n) is 3.60. The third-order valence-corrected chi connectivity index (χ3v) is 4.52. The van der Waals surface area contributed by atoms with E-state index in [9.17, 15) is 18.0 Å². The molecule has 1 aliphatic heterocycles. The number of halogens is 3. The number of carboxylic acid groups (broad SMARTS) is 1. The molecule has 1 fully saturated rings. The van der Waals surface area contributed by atoms with E-state index in [1.807, 2.05) is 16.3 Å². The second-order valence-corrected chi connectivity index (χ2v) is 6.06. The summed E-state index contributed by atoms with van der Waals surface area (Å²) in [5.74, 6) is -2.21. The van der Waals surface area contributed by atoms with Crippen molar-refractivity contribution in [3.63, 3.8) is 0 Å². The van der Waals surface area contributed by atoms with Gasteiger partial charge < -0.3 is 5.11 Å². The first-order chi connectivity index (χ1) is 9.86. The number of hydrogen-bond acceptors (Lipinski definition) is 3. The molecule has 0 saturated carbocycles. The molecule has 1 N–H and O–H groups in total. The summed E-state index contributed by atoms with van der Waals surface area (Å²) < 4.78 is 37.8. The minimum absolute atomic E-state index is 0.134. The SMILES string of the molecule is O=C(O)C=Cc1ccsc1CN1CCC(C(F)(F)F)CC1. The average molecular weight is 319 g/mol. The lowest BCUT2D eigenvalue weighted by molar-refractivity contribution is -0.185. The van der Waals surface area contributed by atoms with Crippen LogP contribution >= 0.6 is 11.3 Å². The van der Waals surface area contributed by atoms with E-state index in [1.165, 1.54) is 17.4 Å². The quantitative estimate of drug-likeness (QED) is 0.862. The Hall–Kier alpha value is -1.34. The maximum absolute atomic E-state index is 12.6. The highest BCUT2D eigenvalue weighted by Crippen LogP contribution is 2.34. The fourth-order valence-electron chi connectivity index (χ4n) is 2.41. The van der Waals surface area contributed by atoms with E-state index in [0.717, 1.165) is 16.5 Å². The highest BCUT2D eigenvalue weighted by molar-refractivity contribution is 7.10. The topological polar surface area (TPSA) is 40.5 Å². The Morgan fingerprint density at radius 1 is 1.43 bits per heavy atom. The van der Waals surface area contributed by atoms with E-state index in [2.05, 4.69) is 0 Å². The molecule has 0 aromatic carbocycles. The molecule has 0 aliphatic carbocycles. The highest BCUT2D eigenvalue weighted by atomic mass is 32.1. The molecule has 0 amide bonds. The van der Waals surface area contributed by atoms with Gasteiger partial charge in [0.25, 0.3) is 0 Å². The molecular weight excluding hydrogens is 303 g/mol. The first-order valence-electron chi connectivity index (χ1n) is 6.62. The van der Waals surface area contributed by atoms with Gasteiger partial charge in [-0.2, -0.15) is 13.2 Å². The lowest BCUT2D eigenvalue weighted by Crippen LogP contribution is -2.38. The van der Waals surface area contributed by atoms with Crippen molar-refractivity contribution in [2.75, 3.05) is 13.1 Å². The van der Waals surface area contributed by atoms with Crippen LogP contribution in [0.5, 0.6) is 0 Å². The number of carbonyl (C=O) groups is 1. The smallest absolute Gasteiger partial charge is 0.391 e. The monoisotopic (exact) mass is 319 g/mol. The largest absolute Gasteiger partial charge is 0.478 e. The highest BCUT2D eigenvalue weighted by Gasteiger charge is 2.40. The van der Waals surface area contributed by atoms with E-state index in [1.54, 1.807) is 0 Å². The van der Waals surface area contributed by atoms with Gasteiger partial charge in [-0.1, -0.05) is 0 Å². The molecule has 1 aliphatic rings. The van der Waals surface area contributed by atoms with Gasteiger partial charge in [0.05, 0.1) is 5.92 Å². The van der Waals surface area contributed by atoms with Crippen molar-refractivity contribution < 1.29 is 23.1 Å². The van der Waals surface area contributed by atoms with Gasteiger partial charge in [0, 0.05) is 17.5 Å². The van der Waals surface area contributed by atoms with Crippen molar-refractivity contribution in [1.29, 1.82) is 0 Å². The Kier molecular flexibility index (Phi) is 5.05. The second kappa shape index (κ2) is 6.62. The second-order valence-electron chi connectivity index (χ2n) is 5.06. The fourth-order valence-corrected chi connectivity index (χ4v) is 3.32. The molecule has 3 nitrogen and oxygen atoms in total. The molecule has 21 heavy (non-hydrogen) atoms. The summed E-state index contributed by atoms with van der Waals surface area (Å²) in [7, 11) is 0. The lowest BCUT2D eigenvalue weighted by Gasteiger charge is -2.32. The molecule has 116 valence electrons. The number of thiophene rings is 1. The predicted molar refractivity (Wildman–Crippen MR) is 75.0 cm³/mol. The van der Waals surface area contributed by atoms with Crippen LogP contribution in [-0.4, -0.2) is 35.2 Å². The van der Waals surface area contributed by atoms with Gasteiger partial charge >= 0.3 is 12.1 Å². The number of rotatable bonds is 4. The van der Waals surface area contributed by atoms with E-state index in [4.69, 9.17) is 5.11 Å². The summed E-state index contributed by atoms with van der Waals surface area (Å²) in [5.41, 5.74) is 0.820. The Balaban J connectivity index is 1.92. The summed E-state index contributed by atoms with van der Waals surface area (Å²) in [5, 5.41) is 10.5. The molecule has 2 rings (SSSR count). The molecule has 1 saturated heterocycles. The third kappa shape index (κ3) is 4.57. The Morgan fingerprint density at radius 3 is 2.67 bits per heavy atom. The van der Waals surface area contributed by atoms with E-state index >= 15 is 0 Å². The predicted octanol–water partition coefficient (Wildman–Crippen LogP) is 3.62. The Labute approximate surface area is 124 Å². The van der Waals surface area contributed by atoms with Gasteiger partial charge in [0.2, 0.25) is 0 Å². The maximum atomic E-state index is 12.6. The van der Waals surface area contributed by atoms with E-state index in [-0.39, 0.29) is 12.8 Å². The number of likely N-dealkylation sites (tertiary alicyclic amines) is 1. The normalized spacial score (nSPS) is 18.4. The van der Waals surface area contributed by atoms with Gasteiger partial charge in [-0.15, -0.1) is 11.3 Å². The van der Waals surface area contributed by atoms with E-state index in [0.29, 0.717) is 19.6 Å². The van der Waals surface area contributed by atoms with Crippen LogP contribution in [0.25, 0.3) is 6.08 Å². The minimum atomic E-state index is -4.09. The number of alkyl halides is 3. The van der Waals surface area contributed by atoms with Crippen LogP contribution < -0.4 is 0 Å². The maximum Gasteiger partial charge on any atom is 0.391 e. The zero-order valence-electron chi connectivity index (χ0n) is 11.3. The fraction of sp³-hybridized carbons (Fsp3) is 0.500. The van der Waals surface area contributed by atoms with Crippen molar-refractivity contribution in [3.05, 3.63) is 28.0 Å². The molecule has 7 heteroatoms. The van der Waals surface area contributed by atoms with Crippen LogP contribution in [0.3, 0.4) is 0 Å². The van der Waals surface area contributed by atoms with Crippen LogP contribution in [-0.2, 0) is 11.3 Å². The van der Waals surface area contributed by atoms with Crippen LogP contribution in [0.2, 0.25) is 0 Å². The number of piperidine rings is 1. The zero-order valence-corrected chi connectivity index (χ0v) is 12.1. The van der Waals surface area contributed by atoms with Crippen molar-refractivity contribution in [3.8, 4) is 0 Å². The number of hydrogen-bond donors (Lipinski definition) is 1. The average Bonchev–Trinajstić information content (AvgIpc) is 2.83. The minimum Gasteiger partial charge on any atom is -0.478 e. The van der Waals surface area contributed by atoms with Gasteiger partial charge in [0.15, 0.2) is 0 Å². The van der Waals surface area contributed by atoms with Gasteiger partial charge in [-0.25, -0.2) is 4.79 Å². The molecular formula is C14H16F3NO2S. The van der Waals surface area contributed by atoms with Crippen molar-refractivity contribution >= 4 is 23.4 Å². The lowest BCUT2D eigenvalue weighted by atomic mass is 9.96. The van der Waals surface area contributed by atoms with Gasteiger partial charge in [-0.05, 0) is 49.0 Å². The summed E-state index contributed by atoms with van der Waals surface area (Å²) in [4.78, 5) is 13.5. The Bertz CT molecular complexity index is 517. The summed E-state index contributed by atoms with van der Waals surface area (Å²) in [6.07, 6.45) is -1.23. The molecule has 2 heterocycles. The van der Waals surface area contributed by atoms with Gasteiger partial charge in [-0.3, -0.25) is 4.90 Å². The molecule has 0 radical (unpaired) electrons. The van der Waals surface area contributed by atoms with Crippen LogP contribution in [0.15, 0.2) is 17.5 Å². The number of carboxylic acids is 1. The first kappa shape index (κ1) is 16.0. The van der Waals surface area contributed by atoms with Crippen LogP contribution in [0, 0.1) is 5.92 Å². The molecule has 0 bridgehead atoms. The van der Waals surface area contributed by atoms with Crippen LogP contribution in [0.4, 0.5) is 13.2 Å². The molecule has 0 unspecified atom stereocenters. The molecule has 0 spiro atoms. The summed E-state index contributed by atoms with van der Waals surface area (Å²) in [6, 6.07) is 1.82. The molecule has 1 aromatic rings. The van der Waals surface area contributed by atoms with Crippen LogP contribution in [0.1, 0.15) is 23.3 Å². The first-order valence-corrected chi connectivity index (χ1v) is 7.50. The van der Waals surface area contributed by atoms with E-state index < -0.39 is 18.1 Å². The molecule has 1 aromatic heterocycles. The van der Waals surface area contributed by atoms with Crippen molar-refractivity contribution in [2.24, 2.45) is 5.92 Å².